The lowest BCUT2D eigenvalue weighted by atomic mass is 10.1. The molecule has 0 radical (unpaired) electrons. The normalized spacial score (nSPS) is 10.1. The Morgan fingerprint density at radius 3 is 2.73 bits per heavy atom. The molecule has 0 unspecified atom stereocenters. The lowest BCUT2D eigenvalue weighted by molar-refractivity contribution is -0.384. The highest BCUT2D eigenvalue weighted by atomic mass is 32.1. The molecule has 0 spiro atoms. The Morgan fingerprint density at radius 1 is 1.33 bits per heavy atom. The lowest BCUT2D eigenvalue weighted by Gasteiger charge is -1.99. The van der Waals surface area contributed by atoms with Crippen molar-refractivity contribution in [2.24, 2.45) is 0 Å². The fourth-order valence-corrected chi connectivity index (χ4v) is 2.00. The second-order valence-corrected chi connectivity index (χ2v) is 3.92. The van der Waals surface area contributed by atoms with Gasteiger partial charge in [-0.1, -0.05) is 6.07 Å². The molecular weight excluding hydrogens is 214 g/mol. The van der Waals surface area contributed by atoms with E-state index in [0.29, 0.717) is 5.56 Å². The topological polar surface area (TPSA) is 63.4 Å². The van der Waals surface area contributed by atoms with Gasteiger partial charge >= 0.3 is 0 Å². The van der Waals surface area contributed by atoms with Crippen molar-refractivity contribution < 1.29 is 10.0 Å². The van der Waals surface area contributed by atoms with E-state index in [1.54, 1.807) is 0 Å². The SMILES string of the molecule is O=[N+]([O-])c1cc(O)cc(-c2cccs2)c1. The monoisotopic (exact) mass is 221 g/mol. The van der Waals surface area contributed by atoms with Crippen molar-refractivity contribution in [3.63, 3.8) is 0 Å². The van der Waals surface area contributed by atoms with E-state index in [1.807, 2.05) is 17.5 Å². The minimum absolute atomic E-state index is 0.0902. The van der Waals surface area contributed by atoms with Gasteiger partial charge in [0, 0.05) is 16.5 Å². The van der Waals surface area contributed by atoms with Crippen molar-refractivity contribution in [3.8, 4) is 16.2 Å². The van der Waals surface area contributed by atoms with Gasteiger partial charge in [0.1, 0.15) is 5.75 Å². The number of aromatic hydroxyl groups is 1. The molecule has 4 nitrogen and oxygen atoms in total. The number of phenols is 1. The van der Waals surface area contributed by atoms with E-state index < -0.39 is 4.92 Å². The van der Waals surface area contributed by atoms with Gasteiger partial charge in [0.25, 0.3) is 5.69 Å². The number of nitro groups is 1. The lowest BCUT2D eigenvalue weighted by Crippen LogP contribution is -1.87. The van der Waals surface area contributed by atoms with Crippen molar-refractivity contribution in [1.29, 1.82) is 0 Å². The molecule has 1 aromatic heterocycles. The number of rotatable bonds is 2. The van der Waals surface area contributed by atoms with Gasteiger partial charge in [-0.05, 0) is 17.5 Å². The van der Waals surface area contributed by atoms with Gasteiger partial charge in [-0.3, -0.25) is 10.1 Å². The zero-order valence-corrected chi connectivity index (χ0v) is 8.40. The number of hydrogen-bond acceptors (Lipinski definition) is 4. The van der Waals surface area contributed by atoms with Crippen LogP contribution in [-0.2, 0) is 0 Å². The standard InChI is InChI=1S/C10H7NO3S/c12-9-5-7(10-2-1-3-15-10)4-8(6-9)11(13)14/h1-6,12H. The summed E-state index contributed by atoms with van der Waals surface area (Å²) in [7, 11) is 0. The van der Waals surface area contributed by atoms with E-state index in [2.05, 4.69) is 0 Å². The molecule has 0 bridgehead atoms. The first-order valence-corrected chi connectivity index (χ1v) is 5.07. The molecule has 5 heteroatoms. The van der Waals surface area contributed by atoms with Crippen molar-refractivity contribution in [1.82, 2.24) is 0 Å². The minimum atomic E-state index is -0.517. The Morgan fingerprint density at radius 2 is 2.13 bits per heavy atom. The molecule has 15 heavy (non-hydrogen) atoms. The van der Waals surface area contributed by atoms with E-state index in [1.165, 1.54) is 23.5 Å². The molecule has 0 atom stereocenters. The second-order valence-electron chi connectivity index (χ2n) is 2.97. The number of nitrogens with zero attached hydrogens (tertiary/aromatic N) is 1. The smallest absolute Gasteiger partial charge is 0.273 e. The average Bonchev–Trinajstić information content (AvgIpc) is 2.69. The molecule has 0 fully saturated rings. The summed E-state index contributed by atoms with van der Waals surface area (Å²) in [5.74, 6) is -0.0902. The molecule has 0 saturated carbocycles. The van der Waals surface area contributed by atoms with Gasteiger partial charge in [-0.15, -0.1) is 11.3 Å². The summed E-state index contributed by atoms with van der Waals surface area (Å²) in [4.78, 5) is 11.0. The predicted octanol–water partition coefficient (Wildman–Crippen LogP) is 3.03. The Hall–Kier alpha value is -1.88. The molecule has 0 saturated heterocycles. The Kier molecular flexibility index (Phi) is 2.39. The molecule has 0 aliphatic carbocycles. The summed E-state index contributed by atoms with van der Waals surface area (Å²) >= 11 is 1.47. The highest BCUT2D eigenvalue weighted by Gasteiger charge is 2.10. The molecule has 1 heterocycles. The van der Waals surface area contributed by atoms with Crippen LogP contribution in [0, 0.1) is 10.1 Å². The summed E-state index contributed by atoms with van der Waals surface area (Å²) in [5, 5.41) is 21.8. The van der Waals surface area contributed by atoms with Gasteiger partial charge in [0.2, 0.25) is 0 Å². The third kappa shape index (κ3) is 1.97. The van der Waals surface area contributed by atoms with E-state index in [-0.39, 0.29) is 11.4 Å². The minimum Gasteiger partial charge on any atom is -0.508 e. The molecule has 1 N–H and O–H groups in total. The van der Waals surface area contributed by atoms with Gasteiger partial charge in [-0.2, -0.15) is 0 Å². The molecular formula is C10H7NO3S. The highest BCUT2D eigenvalue weighted by Crippen LogP contribution is 2.31. The highest BCUT2D eigenvalue weighted by molar-refractivity contribution is 7.13. The van der Waals surface area contributed by atoms with Gasteiger partial charge in [0.15, 0.2) is 0 Å². The fourth-order valence-electron chi connectivity index (χ4n) is 1.29. The quantitative estimate of drug-likeness (QED) is 0.626. The Balaban J connectivity index is 2.54. The third-order valence-corrected chi connectivity index (χ3v) is 2.84. The van der Waals surface area contributed by atoms with E-state index in [4.69, 9.17) is 0 Å². The number of nitro benzene ring substituents is 1. The first-order valence-electron chi connectivity index (χ1n) is 4.19. The van der Waals surface area contributed by atoms with E-state index in [0.717, 1.165) is 10.9 Å². The second kappa shape index (κ2) is 3.70. The maximum atomic E-state index is 10.6. The summed E-state index contributed by atoms with van der Waals surface area (Å²) in [6, 6.07) is 7.81. The van der Waals surface area contributed by atoms with Gasteiger partial charge in [-0.25, -0.2) is 0 Å². The van der Waals surface area contributed by atoms with Crippen LogP contribution in [0.2, 0.25) is 0 Å². The van der Waals surface area contributed by atoms with Crippen LogP contribution in [0.3, 0.4) is 0 Å². The van der Waals surface area contributed by atoms with E-state index in [9.17, 15) is 15.2 Å². The van der Waals surface area contributed by atoms with Crippen LogP contribution in [-0.4, -0.2) is 10.0 Å². The van der Waals surface area contributed by atoms with Gasteiger partial charge in [0.05, 0.1) is 11.0 Å². The Labute approximate surface area is 89.6 Å². The molecule has 0 amide bonds. The van der Waals surface area contributed by atoms with E-state index >= 15 is 0 Å². The van der Waals surface area contributed by atoms with Crippen molar-refractivity contribution in [3.05, 3.63) is 45.8 Å². The van der Waals surface area contributed by atoms with Crippen molar-refractivity contribution >= 4 is 17.0 Å². The van der Waals surface area contributed by atoms with Crippen molar-refractivity contribution in [2.75, 3.05) is 0 Å². The average molecular weight is 221 g/mol. The molecule has 2 rings (SSSR count). The zero-order valence-electron chi connectivity index (χ0n) is 7.58. The first kappa shape index (κ1) is 9.67. The summed E-state index contributed by atoms with van der Waals surface area (Å²) in [6.07, 6.45) is 0. The maximum absolute atomic E-state index is 10.6. The third-order valence-electron chi connectivity index (χ3n) is 1.92. The van der Waals surface area contributed by atoms with Crippen LogP contribution in [0.5, 0.6) is 5.75 Å². The van der Waals surface area contributed by atoms with Crippen LogP contribution in [0.1, 0.15) is 0 Å². The van der Waals surface area contributed by atoms with Crippen LogP contribution in [0.25, 0.3) is 10.4 Å². The number of benzene rings is 1. The zero-order chi connectivity index (χ0) is 10.8. The molecule has 0 aliphatic heterocycles. The molecule has 0 aliphatic rings. The van der Waals surface area contributed by atoms with Gasteiger partial charge < -0.3 is 5.11 Å². The molecule has 1 aromatic carbocycles. The number of phenolic OH excluding ortho intramolecular Hbond substituents is 1. The number of non-ortho nitro benzene ring substituents is 1. The fraction of sp³-hybridized carbons (Fsp3) is 0. The number of thiophene rings is 1. The summed E-state index contributed by atoms with van der Waals surface area (Å²) in [6.45, 7) is 0. The predicted molar refractivity (Wildman–Crippen MR) is 58.1 cm³/mol. The summed E-state index contributed by atoms with van der Waals surface area (Å²) < 4.78 is 0. The summed E-state index contributed by atoms with van der Waals surface area (Å²) in [5.41, 5.74) is 0.565. The molecule has 76 valence electrons. The number of hydrogen-bond donors (Lipinski definition) is 1. The largest absolute Gasteiger partial charge is 0.508 e. The maximum Gasteiger partial charge on any atom is 0.273 e. The Bertz CT molecular complexity index is 493. The van der Waals surface area contributed by atoms with Crippen LogP contribution in [0.15, 0.2) is 35.7 Å². The first-order chi connectivity index (χ1) is 7.16. The van der Waals surface area contributed by atoms with Crippen LogP contribution >= 0.6 is 11.3 Å². The van der Waals surface area contributed by atoms with Crippen LogP contribution < -0.4 is 0 Å². The molecule has 2 aromatic rings. The van der Waals surface area contributed by atoms with Crippen LogP contribution in [0.4, 0.5) is 5.69 Å². The van der Waals surface area contributed by atoms with Crippen molar-refractivity contribution in [2.45, 2.75) is 0 Å².